The van der Waals surface area contributed by atoms with Gasteiger partial charge in [0.05, 0.1) is 5.69 Å². The fourth-order valence-electron chi connectivity index (χ4n) is 2.97. The van der Waals surface area contributed by atoms with Crippen molar-refractivity contribution in [1.29, 1.82) is 0 Å². The number of amides is 1. The normalized spacial score (nSPS) is 14.3. The molecule has 1 aliphatic carbocycles. The number of hydrogen-bond acceptors (Lipinski definition) is 3. The number of anilines is 1. The van der Waals surface area contributed by atoms with Crippen LogP contribution in [0.15, 0.2) is 18.2 Å². The second-order valence-corrected chi connectivity index (χ2v) is 7.16. The molecule has 0 spiro atoms. The first kappa shape index (κ1) is 18.4. The molecule has 1 amide bonds. The zero-order chi connectivity index (χ0) is 19.0. The molecule has 2 aromatic rings. The summed E-state index contributed by atoms with van der Waals surface area (Å²) in [5.74, 6) is 0.0751. The maximum Gasteiger partial charge on any atom is 0.280 e. The van der Waals surface area contributed by atoms with Gasteiger partial charge in [-0.25, -0.2) is 8.78 Å². The van der Waals surface area contributed by atoms with Crippen LogP contribution in [0.5, 0.6) is 5.75 Å². The Morgan fingerprint density at radius 1 is 1.35 bits per heavy atom. The first-order valence-electron chi connectivity index (χ1n) is 8.75. The van der Waals surface area contributed by atoms with Crippen LogP contribution in [0.3, 0.4) is 0 Å². The average molecular weight is 363 g/mol. The van der Waals surface area contributed by atoms with E-state index in [0.29, 0.717) is 22.5 Å². The number of halogens is 2. The van der Waals surface area contributed by atoms with Crippen molar-refractivity contribution >= 4 is 11.6 Å². The molecule has 0 bridgehead atoms. The predicted molar refractivity (Wildman–Crippen MR) is 94.7 cm³/mol. The number of benzene rings is 1. The Labute approximate surface area is 151 Å². The molecule has 1 aliphatic rings. The van der Waals surface area contributed by atoms with Crippen LogP contribution < -0.4 is 5.32 Å². The van der Waals surface area contributed by atoms with Crippen molar-refractivity contribution < 1.29 is 18.7 Å². The van der Waals surface area contributed by atoms with E-state index in [-0.39, 0.29) is 29.8 Å². The lowest BCUT2D eigenvalue weighted by Gasteiger charge is -2.15. The molecule has 0 saturated heterocycles. The molecule has 1 heterocycles. The molecule has 1 saturated carbocycles. The van der Waals surface area contributed by atoms with E-state index in [1.54, 1.807) is 19.1 Å². The van der Waals surface area contributed by atoms with Crippen LogP contribution in [-0.2, 0) is 11.3 Å². The zero-order valence-electron chi connectivity index (χ0n) is 15.1. The third kappa shape index (κ3) is 3.86. The number of nitrogens with zero attached hydrogens (tertiary/aromatic N) is 2. The smallest absolute Gasteiger partial charge is 0.280 e. The van der Waals surface area contributed by atoms with Crippen LogP contribution in [0.1, 0.15) is 67.5 Å². The van der Waals surface area contributed by atoms with Gasteiger partial charge in [0.25, 0.3) is 6.43 Å². The molecule has 0 aliphatic heterocycles. The minimum atomic E-state index is -2.68. The molecule has 0 unspecified atom stereocenters. The van der Waals surface area contributed by atoms with Gasteiger partial charge in [-0.1, -0.05) is 13.8 Å². The van der Waals surface area contributed by atoms with Crippen LogP contribution in [0, 0.1) is 6.92 Å². The van der Waals surface area contributed by atoms with E-state index in [2.05, 4.69) is 10.4 Å². The van der Waals surface area contributed by atoms with E-state index >= 15 is 0 Å². The number of alkyl halides is 2. The van der Waals surface area contributed by atoms with E-state index in [1.807, 2.05) is 13.8 Å². The highest BCUT2D eigenvalue weighted by Gasteiger charge is 2.29. The minimum Gasteiger partial charge on any atom is -0.508 e. The maximum absolute atomic E-state index is 13.2. The van der Waals surface area contributed by atoms with Crippen LogP contribution in [0.25, 0.3) is 0 Å². The number of aromatic hydroxyl groups is 1. The topological polar surface area (TPSA) is 67.2 Å². The second-order valence-electron chi connectivity index (χ2n) is 7.16. The maximum atomic E-state index is 13.2. The molecule has 0 atom stereocenters. The molecule has 2 N–H and O–H groups in total. The molecule has 7 heteroatoms. The van der Waals surface area contributed by atoms with E-state index in [9.17, 15) is 18.7 Å². The summed E-state index contributed by atoms with van der Waals surface area (Å²) in [6.07, 6.45) is -0.765. The van der Waals surface area contributed by atoms with E-state index in [0.717, 1.165) is 17.5 Å². The highest BCUT2D eigenvalue weighted by atomic mass is 19.3. The summed E-state index contributed by atoms with van der Waals surface area (Å²) in [4.78, 5) is 12.4. The fourth-order valence-corrected chi connectivity index (χ4v) is 2.97. The summed E-state index contributed by atoms with van der Waals surface area (Å²) in [6.45, 7) is 5.37. The number of rotatable bonds is 6. The standard InChI is InChI=1S/C19H23F2N3O2/c1-10(2)13-7-14(11(3)6-17(13)25)22-18(26)9-24-16(19(20)21)8-15(23-24)12-4-5-12/h6-8,10,12,19,25H,4-5,9H2,1-3H3,(H,22,26). The Morgan fingerprint density at radius 2 is 2.04 bits per heavy atom. The number of carbonyl (C=O) groups is 1. The summed E-state index contributed by atoms with van der Waals surface area (Å²) < 4.78 is 27.6. The number of phenolic OH excluding ortho intramolecular Hbond substituents is 1. The number of aromatic nitrogens is 2. The molecule has 3 rings (SSSR count). The number of hydrogen-bond donors (Lipinski definition) is 2. The minimum absolute atomic E-state index is 0.0869. The Morgan fingerprint density at radius 3 is 2.62 bits per heavy atom. The van der Waals surface area contributed by atoms with Crippen molar-refractivity contribution in [2.75, 3.05) is 5.32 Å². The van der Waals surface area contributed by atoms with Gasteiger partial charge in [0.2, 0.25) is 5.91 Å². The highest BCUT2D eigenvalue weighted by Crippen LogP contribution is 2.40. The van der Waals surface area contributed by atoms with Crippen molar-refractivity contribution in [1.82, 2.24) is 9.78 Å². The molecule has 1 aromatic heterocycles. The quantitative estimate of drug-likeness (QED) is 0.744. The average Bonchev–Trinajstić information content (AvgIpc) is 3.30. The van der Waals surface area contributed by atoms with E-state index in [4.69, 9.17) is 0 Å². The first-order chi connectivity index (χ1) is 12.3. The van der Waals surface area contributed by atoms with Crippen molar-refractivity contribution in [2.24, 2.45) is 0 Å². The first-order valence-corrected chi connectivity index (χ1v) is 8.75. The lowest BCUT2D eigenvalue weighted by Crippen LogP contribution is -2.21. The van der Waals surface area contributed by atoms with Gasteiger partial charge in [0.1, 0.15) is 18.0 Å². The second kappa shape index (κ2) is 7.05. The lowest BCUT2D eigenvalue weighted by atomic mass is 9.99. The molecule has 5 nitrogen and oxygen atoms in total. The number of nitrogens with one attached hydrogen (secondary N) is 1. The van der Waals surface area contributed by atoms with E-state index in [1.165, 1.54) is 6.07 Å². The Kier molecular flexibility index (Phi) is 4.98. The SMILES string of the molecule is Cc1cc(O)c(C(C)C)cc1NC(=O)Cn1nc(C2CC2)cc1C(F)F. The Hall–Kier alpha value is -2.44. The third-order valence-electron chi connectivity index (χ3n) is 4.61. The summed E-state index contributed by atoms with van der Waals surface area (Å²) in [7, 11) is 0. The predicted octanol–water partition coefficient (Wildman–Crippen LogP) is 4.47. The number of carbonyl (C=O) groups excluding carboxylic acids is 1. The molecule has 26 heavy (non-hydrogen) atoms. The Bertz CT molecular complexity index is 826. The van der Waals surface area contributed by atoms with Crippen molar-refractivity contribution in [3.05, 3.63) is 40.7 Å². The summed E-state index contributed by atoms with van der Waals surface area (Å²) >= 11 is 0. The highest BCUT2D eigenvalue weighted by molar-refractivity contribution is 5.91. The van der Waals surface area contributed by atoms with Gasteiger partial charge in [0.15, 0.2) is 0 Å². The van der Waals surface area contributed by atoms with Crippen LogP contribution >= 0.6 is 0 Å². The van der Waals surface area contributed by atoms with E-state index < -0.39 is 12.3 Å². The summed E-state index contributed by atoms with van der Waals surface area (Å²) in [5.41, 5.74) is 2.38. The lowest BCUT2D eigenvalue weighted by molar-refractivity contribution is -0.117. The number of aryl methyl sites for hydroxylation is 1. The van der Waals surface area contributed by atoms with Gasteiger partial charge < -0.3 is 10.4 Å². The summed E-state index contributed by atoms with van der Waals surface area (Å²) in [6, 6.07) is 4.72. The van der Waals surface area contributed by atoms with Crippen LogP contribution in [0.4, 0.5) is 14.5 Å². The molecule has 1 aromatic carbocycles. The summed E-state index contributed by atoms with van der Waals surface area (Å²) in [5, 5.41) is 16.9. The zero-order valence-corrected chi connectivity index (χ0v) is 15.1. The van der Waals surface area contributed by atoms with Gasteiger partial charge in [-0.05, 0) is 55.0 Å². The molecule has 140 valence electrons. The van der Waals surface area contributed by atoms with Gasteiger partial charge in [-0.3, -0.25) is 9.48 Å². The fraction of sp³-hybridized carbons (Fsp3) is 0.474. The van der Waals surface area contributed by atoms with Gasteiger partial charge in [-0.15, -0.1) is 0 Å². The molecular formula is C19H23F2N3O2. The molecular weight excluding hydrogens is 340 g/mol. The van der Waals surface area contributed by atoms with Crippen molar-refractivity contribution in [2.45, 2.75) is 58.4 Å². The van der Waals surface area contributed by atoms with Crippen LogP contribution in [0.2, 0.25) is 0 Å². The Balaban J connectivity index is 1.78. The number of phenols is 1. The molecule has 1 fully saturated rings. The van der Waals surface area contributed by atoms with Gasteiger partial charge in [-0.2, -0.15) is 5.10 Å². The monoisotopic (exact) mass is 363 g/mol. The third-order valence-corrected chi connectivity index (χ3v) is 4.61. The molecule has 0 radical (unpaired) electrons. The van der Waals surface area contributed by atoms with Gasteiger partial charge in [0, 0.05) is 11.6 Å². The van der Waals surface area contributed by atoms with Crippen molar-refractivity contribution in [3.8, 4) is 5.75 Å². The van der Waals surface area contributed by atoms with Gasteiger partial charge >= 0.3 is 0 Å². The van der Waals surface area contributed by atoms with Crippen molar-refractivity contribution in [3.63, 3.8) is 0 Å². The largest absolute Gasteiger partial charge is 0.508 e. The van der Waals surface area contributed by atoms with Crippen LogP contribution in [-0.4, -0.2) is 20.8 Å².